The first-order valence-electron chi connectivity index (χ1n) is 18.2. The van der Waals surface area contributed by atoms with E-state index in [-0.39, 0.29) is 11.0 Å². The van der Waals surface area contributed by atoms with Crippen molar-refractivity contribution in [1.29, 1.82) is 0 Å². The summed E-state index contributed by atoms with van der Waals surface area (Å²) < 4.78 is 0. The van der Waals surface area contributed by atoms with Crippen molar-refractivity contribution in [3.63, 3.8) is 0 Å². The van der Waals surface area contributed by atoms with E-state index in [0.29, 0.717) is 12.8 Å². The Morgan fingerprint density at radius 1 is 0.390 bits per heavy atom. The van der Waals surface area contributed by atoms with Crippen molar-refractivity contribution in [2.75, 3.05) is 13.3 Å². The third-order valence-electron chi connectivity index (χ3n) is 8.55. The molecule has 0 radical (unpaired) electrons. The van der Waals surface area contributed by atoms with Crippen LogP contribution in [-0.4, -0.2) is 24.4 Å². The Hall–Kier alpha value is -0.750. The van der Waals surface area contributed by atoms with Gasteiger partial charge in [0.2, 0.25) is 0 Å². The normalized spacial score (nSPS) is 12.2. The third-order valence-corrected chi connectivity index (χ3v) is 11.5. The van der Waals surface area contributed by atoms with E-state index in [9.17, 15) is 9.59 Å². The largest absolute Gasteiger partial charge is 0.275 e. The molecule has 240 valence electrons. The number of carbonyl (C=O) groups excluding carboxylic acids is 2. The molecule has 0 rings (SSSR count). The van der Waals surface area contributed by atoms with Crippen LogP contribution in [0.25, 0.3) is 0 Å². The lowest BCUT2D eigenvalue weighted by atomic mass is 10.1. The van der Waals surface area contributed by atoms with Crippen molar-refractivity contribution in [2.45, 2.75) is 194 Å². The van der Waals surface area contributed by atoms with Crippen LogP contribution in [-0.2, 0) is 9.59 Å². The molecule has 0 aliphatic rings. The van der Waals surface area contributed by atoms with E-state index in [1.165, 1.54) is 141 Å². The summed E-state index contributed by atoms with van der Waals surface area (Å²) in [6.45, 7) is 8.47. The molecule has 0 fully saturated rings. The van der Waals surface area contributed by atoms with Gasteiger partial charge in [-0.05, 0) is 64.2 Å². The van der Waals surface area contributed by atoms with Gasteiger partial charge in [-0.3, -0.25) is 9.59 Å². The summed E-state index contributed by atoms with van der Waals surface area (Å²) in [5, 5.41) is 0. The monoisotopic (exact) mass is 592 g/mol. The summed E-state index contributed by atoms with van der Waals surface area (Å²) in [6.07, 6.45) is 43.6. The van der Waals surface area contributed by atoms with E-state index in [1.807, 2.05) is 13.3 Å². The Balaban J connectivity index is 3.65. The SMILES string of the molecule is CCCCCCCC/C=C\CCCCCCCC(=O)[P+](C)(C)C(=O)CCCCCCC/C=C\CCCCCCCC. The van der Waals surface area contributed by atoms with Gasteiger partial charge in [-0.25, -0.2) is 0 Å². The fourth-order valence-electron chi connectivity index (χ4n) is 5.39. The van der Waals surface area contributed by atoms with E-state index in [4.69, 9.17) is 0 Å². The van der Waals surface area contributed by atoms with Crippen LogP contribution in [0.4, 0.5) is 0 Å². The summed E-state index contributed by atoms with van der Waals surface area (Å²) in [4.78, 5) is 25.6. The molecule has 2 nitrogen and oxygen atoms in total. The molecule has 0 aromatic rings. The van der Waals surface area contributed by atoms with Gasteiger partial charge in [0.05, 0.1) is 13.3 Å². The number of allylic oxidation sites excluding steroid dienone is 4. The van der Waals surface area contributed by atoms with Crippen LogP contribution in [0, 0.1) is 0 Å². The Bertz CT molecular complexity index is 595. The molecule has 0 aromatic heterocycles. The fourth-order valence-corrected chi connectivity index (χ4v) is 7.10. The molecule has 0 atom stereocenters. The third kappa shape index (κ3) is 26.6. The van der Waals surface area contributed by atoms with Crippen molar-refractivity contribution in [2.24, 2.45) is 0 Å². The lowest BCUT2D eigenvalue weighted by Crippen LogP contribution is -2.14. The second kappa shape index (κ2) is 30.7. The highest BCUT2D eigenvalue weighted by atomic mass is 31.2. The van der Waals surface area contributed by atoms with Crippen LogP contribution in [0.3, 0.4) is 0 Å². The molecule has 0 bridgehead atoms. The van der Waals surface area contributed by atoms with Gasteiger partial charge < -0.3 is 0 Å². The average molecular weight is 592 g/mol. The number of hydrogen-bond acceptors (Lipinski definition) is 2. The van der Waals surface area contributed by atoms with Gasteiger partial charge in [-0.1, -0.05) is 141 Å². The second-order valence-corrected chi connectivity index (χ2v) is 16.8. The number of hydrogen-bond donors (Lipinski definition) is 0. The van der Waals surface area contributed by atoms with Crippen molar-refractivity contribution in [1.82, 2.24) is 0 Å². The summed E-state index contributed by atoms with van der Waals surface area (Å²) in [7, 11) is -2.10. The van der Waals surface area contributed by atoms with Crippen LogP contribution < -0.4 is 0 Å². The minimum Gasteiger partial charge on any atom is -0.253 e. The van der Waals surface area contributed by atoms with E-state index in [1.54, 1.807) is 0 Å². The number of rotatable bonds is 32. The quantitative estimate of drug-likeness (QED) is 0.0443. The van der Waals surface area contributed by atoms with E-state index in [0.717, 1.165) is 25.7 Å². The summed E-state index contributed by atoms with van der Waals surface area (Å²) in [5.41, 5.74) is 0.515. The van der Waals surface area contributed by atoms with Gasteiger partial charge in [0.1, 0.15) is 7.26 Å². The van der Waals surface area contributed by atoms with Crippen LogP contribution in [0.1, 0.15) is 194 Å². The predicted molar refractivity (Wildman–Crippen MR) is 188 cm³/mol. The minimum atomic E-state index is -2.10. The molecule has 0 aliphatic heterocycles. The van der Waals surface area contributed by atoms with Gasteiger partial charge in [0.25, 0.3) is 11.0 Å². The van der Waals surface area contributed by atoms with Crippen molar-refractivity contribution in [3.05, 3.63) is 24.3 Å². The summed E-state index contributed by atoms with van der Waals surface area (Å²) >= 11 is 0. The Morgan fingerprint density at radius 3 is 0.927 bits per heavy atom. The first kappa shape index (κ1) is 40.2. The zero-order valence-electron chi connectivity index (χ0n) is 28.4. The maximum atomic E-state index is 12.8. The van der Waals surface area contributed by atoms with Gasteiger partial charge in [-0.2, -0.15) is 0 Å². The summed E-state index contributed by atoms with van der Waals surface area (Å²) in [5.74, 6) is 0. The van der Waals surface area contributed by atoms with E-state index in [2.05, 4.69) is 38.2 Å². The first-order chi connectivity index (χ1) is 20.0. The maximum absolute atomic E-state index is 12.8. The molecule has 0 N–H and O–H groups in total. The molecule has 0 saturated carbocycles. The molecule has 0 amide bonds. The summed E-state index contributed by atoms with van der Waals surface area (Å²) in [6, 6.07) is 0. The molecule has 41 heavy (non-hydrogen) atoms. The second-order valence-electron chi connectivity index (χ2n) is 12.9. The van der Waals surface area contributed by atoms with Crippen LogP contribution >= 0.6 is 7.26 Å². The molecule has 0 aliphatic carbocycles. The fraction of sp³-hybridized carbons (Fsp3) is 0.842. The first-order valence-corrected chi connectivity index (χ1v) is 20.9. The predicted octanol–water partition coefficient (Wildman–Crippen LogP) is 13.4. The molecular formula is C38H72O2P+. The molecule has 0 unspecified atom stereocenters. The molecule has 0 aromatic carbocycles. The van der Waals surface area contributed by atoms with Crippen LogP contribution in [0.2, 0.25) is 0 Å². The van der Waals surface area contributed by atoms with Crippen LogP contribution in [0.15, 0.2) is 24.3 Å². The average Bonchev–Trinajstić information content (AvgIpc) is 2.96. The van der Waals surface area contributed by atoms with Crippen molar-refractivity contribution >= 4 is 18.3 Å². The topological polar surface area (TPSA) is 34.1 Å². The number of carbonyl (C=O) groups is 2. The molecule has 3 heteroatoms. The van der Waals surface area contributed by atoms with Crippen molar-refractivity contribution < 1.29 is 9.59 Å². The smallest absolute Gasteiger partial charge is 0.253 e. The highest BCUT2D eigenvalue weighted by Gasteiger charge is 2.42. The molecule has 0 spiro atoms. The Morgan fingerprint density at radius 2 is 0.634 bits per heavy atom. The molecular weight excluding hydrogens is 519 g/mol. The van der Waals surface area contributed by atoms with Gasteiger partial charge >= 0.3 is 0 Å². The zero-order valence-corrected chi connectivity index (χ0v) is 29.3. The maximum Gasteiger partial charge on any atom is 0.275 e. The van der Waals surface area contributed by atoms with E-state index >= 15 is 0 Å². The standard InChI is InChI=1S/C38H72O2P/c1-5-7-9-11-13-15-17-19-21-23-25-27-29-31-33-35-37(39)41(3,4)38(40)36-34-32-30-28-26-24-22-20-18-16-14-12-10-8-6-2/h19-22H,5-18,23-36H2,1-4H3/q+1/b21-19-,22-20-. The van der Waals surface area contributed by atoms with Crippen molar-refractivity contribution in [3.8, 4) is 0 Å². The minimum absolute atomic E-state index is 0.257. The number of unbranched alkanes of at least 4 members (excludes halogenated alkanes) is 22. The van der Waals surface area contributed by atoms with Gasteiger partial charge in [0, 0.05) is 12.8 Å². The lowest BCUT2D eigenvalue weighted by Gasteiger charge is -2.14. The lowest BCUT2D eigenvalue weighted by molar-refractivity contribution is -0.114. The van der Waals surface area contributed by atoms with Gasteiger partial charge in [-0.15, -0.1) is 0 Å². The van der Waals surface area contributed by atoms with Gasteiger partial charge in [0.15, 0.2) is 0 Å². The Kier molecular flexibility index (Phi) is 30.1. The molecule has 0 saturated heterocycles. The zero-order chi connectivity index (χ0) is 30.3. The van der Waals surface area contributed by atoms with Crippen LogP contribution in [0.5, 0.6) is 0 Å². The Labute approximate surface area is 258 Å². The van der Waals surface area contributed by atoms with E-state index < -0.39 is 7.26 Å². The highest BCUT2D eigenvalue weighted by Crippen LogP contribution is 2.55. The molecule has 0 heterocycles. The highest BCUT2D eigenvalue weighted by molar-refractivity contribution is 8.02.